The lowest BCUT2D eigenvalue weighted by Crippen LogP contribution is -2.37. The van der Waals surface area contributed by atoms with E-state index in [1.54, 1.807) is 5.01 Å². The molecule has 144 valence electrons. The van der Waals surface area contributed by atoms with Crippen LogP contribution >= 0.6 is 0 Å². The zero-order chi connectivity index (χ0) is 19.3. The summed E-state index contributed by atoms with van der Waals surface area (Å²) in [4.78, 5) is 2.51. The quantitative estimate of drug-likeness (QED) is 0.463. The van der Waals surface area contributed by atoms with Crippen LogP contribution in [-0.2, 0) is 6.42 Å². The molecule has 28 heavy (non-hydrogen) atoms. The van der Waals surface area contributed by atoms with E-state index in [4.69, 9.17) is 5.84 Å². The van der Waals surface area contributed by atoms with E-state index < -0.39 is 0 Å². The van der Waals surface area contributed by atoms with Gasteiger partial charge in [-0.25, -0.2) is 5.84 Å². The van der Waals surface area contributed by atoms with Gasteiger partial charge in [0.1, 0.15) is 0 Å². The van der Waals surface area contributed by atoms with Crippen LogP contribution in [0, 0.1) is 0 Å². The summed E-state index contributed by atoms with van der Waals surface area (Å²) < 4.78 is 0. The molecular formula is C25H29N3. The van der Waals surface area contributed by atoms with Crippen LogP contribution in [-0.4, -0.2) is 12.6 Å². The predicted octanol–water partition coefficient (Wildman–Crippen LogP) is 5.67. The molecule has 0 amide bonds. The highest BCUT2D eigenvalue weighted by Gasteiger charge is 2.18. The molecule has 1 fully saturated rings. The highest BCUT2D eigenvalue weighted by atomic mass is 15.4. The minimum Gasteiger partial charge on any atom is -0.369 e. The molecule has 3 heteroatoms. The van der Waals surface area contributed by atoms with Crippen molar-refractivity contribution in [3.63, 3.8) is 0 Å². The second kappa shape index (κ2) is 8.49. The molecule has 0 bridgehead atoms. The van der Waals surface area contributed by atoms with Gasteiger partial charge in [0.25, 0.3) is 0 Å². The molecule has 1 aliphatic heterocycles. The van der Waals surface area contributed by atoms with Crippen molar-refractivity contribution < 1.29 is 0 Å². The molecule has 3 aromatic carbocycles. The van der Waals surface area contributed by atoms with Gasteiger partial charge in [-0.3, -0.25) is 5.01 Å². The number of hydrazine groups is 1. The molecular weight excluding hydrogens is 342 g/mol. The van der Waals surface area contributed by atoms with Crippen molar-refractivity contribution >= 4 is 17.1 Å². The molecule has 1 heterocycles. The molecule has 1 aliphatic rings. The lowest BCUT2D eigenvalue weighted by atomic mass is 10.0. The van der Waals surface area contributed by atoms with E-state index in [0.29, 0.717) is 6.04 Å². The highest BCUT2D eigenvalue weighted by Crippen LogP contribution is 2.28. The van der Waals surface area contributed by atoms with Gasteiger partial charge in [-0.2, -0.15) is 0 Å². The number of hydrogen-bond acceptors (Lipinski definition) is 3. The Labute approximate surface area is 168 Å². The minimum absolute atomic E-state index is 0.616. The fourth-order valence-electron chi connectivity index (χ4n) is 4.04. The first-order valence-electron chi connectivity index (χ1n) is 10.2. The topological polar surface area (TPSA) is 32.5 Å². The Morgan fingerprint density at radius 1 is 0.821 bits per heavy atom. The lowest BCUT2D eigenvalue weighted by Gasteiger charge is -2.35. The van der Waals surface area contributed by atoms with Crippen LogP contribution in [0.4, 0.5) is 17.1 Å². The largest absolute Gasteiger partial charge is 0.369 e. The van der Waals surface area contributed by atoms with Crippen LogP contribution in [0.5, 0.6) is 0 Å². The van der Waals surface area contributed by atoms with Crippen molar-refractivity contribution in [2.75, 3.05) is 16.5 Å². The third-order valence-corrected chi connectivity index (χ3v) is 5.73. The van der Waals surface area contributed by atoms with E-state index >= 15 is 0 Å². The second-order valence-electron chi connectivity index (χ2n) is 7.75. The monoisotopic (exact) mass is 371 g/mol. The summed E-state index contributed by atoms with van der Waals surface area (Å²) in [5.74, 6) is 6.39. The van der Waals surface area contributed by atoms with E-state index in [1.165, 1.54) is 36.1 Å². The average molecular weight is 372 g/mol. The lowest BCUT2D eigenvalue weighted by molar-refractivity contribution is 0.485. The summed E-state index contributed by atoms with van der Waals surface area (Å²) in [7, 11) is 0. The Balaban J connectivity index is 1.44. The molecule has 0 saturated carbocycles. The van der Waals surface area contributed by atoms with E-state index in [-0.39, 0.29) is 0 Å². The number of nitrogens with zero attached hydrogens (tertiary/aromatic N) is 2. The van der Waals surface area contributed by atoms with Crippen LogP contribution in [0.2, 0.25) is 0 Å². The molecule has 0 aliphatic carbocycles. The van der Waals surface area contributed by atoms with Gasteiger partial charge in [-0.15, -0.1) is 0 Å². The molecule has 3 aromatic rings. The number of nitrogens with two attached hydrogens (primary N) is 1. The Kier molecular flexibility index (Phi) is 5.63. The number of rotatable bonds is 5. The molecule has 0 aromatic heterocycles. The number of anilines is 3. The predicted molar refractivity (Wildman–Crippen MR) is 119 cm³/mol. The average Bonchev–Trinajstić information content (AvgIpc) is 2.75. The summed E-state index contributed by atoms with van der Waals surface area (Å²) in [6.07, 6.45) is 4.84. The normalized spacial score (nSPS) is 16.8. The van der Waals surface area contributed by atoms with Gasteiger partial charge < -0.3 is 4.90 Å². The Morgan fingerprint density at radius 3 is 2.07 bits per heavy atom. The summed E-state index contributed by atoms with van der Waals surface area (Å²) in [6.45, 7) is 3.47. The van der Waals surface area contributed by atoms with Crippen molar-refractivity contribution in [3.05, 3.63) is 90.0 Å². The first-order chi connectivity index (χ1) is 13.7. The third-order valence-electron chi connectivity index (χ3n) is 5.73. The molecule has 1 atom stereocenters. The summed E-state index contributed by atoms with van der Waals surface area (Å²) >= 11 is 0. The number of piperidine rings is 1. The SMILES string of the molecule is CC1CCCCN1c1ccc(N(N)c2ccc(Cc3ccccc3)cc2)cc1. The molecule has 0 spiro atoms. The van der Waals surface area contributed by atoms with Crippen molar-refractivity contribution in [1.82, 2.24) is 0 Å². The molecule has 2 N–H and O–H groups in total. The maximum Gasteiger partial charge on any atom is 0.0576 e. The highest BCUT2D eigenvalue weighted by molar-refractivity contribution is 5.65. The van der Waals surface area contributed by atoms with Gasteiger partial charge in [0.15, 0.2) is 0 Å². The van der Waals surface area contributed by atoms with E-state index in [0.717, 1.165) is 24.3 Å². The third kappa shape index (κ3) is 4.20. The standard InChI is InChI=1S/C25H29N3/c1-20-7-5-6-18-27(20)23-14-16-25(17-15-23)28(26)24-12-10-22(11-13-24)19-21-8-3-2-4-9-21/h2-4,8-17,20H,5-7,18-19,26H2,1H3. The van der Waals surface area contributed by atoms with Crippen LogP contribution in [0.1, 0.15) is 37.3 Å². The molecule has 1 unspecified atom stereocenters. The van der Waals surface area contributed by atoms with Gasteiger partial charge in [0.2, 0.25) is 0 Å². The van der Waals surface area contributed by atoms with Crippen LogP contribution in [0.25, 0.3) is 0 Å². The zero-order valence-electron chi connectivity index (χ0n) is 16.6. The van der Waals surface area contributed by atoms with Gasteiger partial charge >= 0.3 is 0 Å². The van der Waals surface area contributed by atoms with E-state index in [1.807, 2.05) is 0 Å². The van der Waals surface area contributed by atoms with Crippen LogP contribution in [0.15, 0.2) is 78.9 Å². The van der Waals surface area contributed by atoms with E-state index in [9.17, 15) is 0 Å². The fourth-order valence-corrected chi connectivity index (χ4v) is 4.04. The second-order valence-corrected chi connectivity index (χ2v) is 7.75. The van der Waals surface area contributed by atoms with Crippen LogP contribution < -0.4 is 15.8 Å². The van der Waals surface area contributed by atoms with Gasteiger partial charge in [-0.1, -0.05) is 42.5 Å². The molecule has 3 nitrogen and oxygen atoms in total. The van der Waals surface area contributed by atoms with E-state index in [2.05, 4.69) is 90.7 Å². The van der Waals surface area contributed by atoms with Gasteiger partial charge in [0, 0.05) is 18.3 Å². The number of hydrogen-bond donors (Lipinski definition) is 1. The Morgan fingerprint density at radius 2 is 1.43 bits per heavy atom. The maximum atomic E-state index is 6.39. The summed E-state index contributed by atoms with van der Waals surface area (Å²) in [6, 6.07) is 28.3. The van der Waals surface area contributed by atoms with Crippen molar-refractivity contribution in [2.24, 2.45) is 5.84 Å². The molecule has 4 rings (SSSR count). The summed E-state index contributed by atoms with van der Waals surface area (Å²) in [5, 5.41) is 1.76. The maximum absolute atomic E-state index is 6.39. The fraction of sp³-hybridized carbons (Fsp3) is 0.280. The van der Waals surface area contributed by atoms with Crippen molar-refractivity contribution in [3.8, 4) is 0 Å². The van der Waals surface area contributed by atoms with Crippen LogP contribution in [0.3, 0.4) is 0 Å². The van der Waals surface area contributed by atoms with Gasteiger partial charge in [-0.05, 0) is 80.1 Å². The van der Waals surface area contributed by atoms with Crippen molar-refractivity contribution in [1.29, 1.82) is 0 Å². The Hall–Kier alpha value is -2.78. The molecule has 1 saturated heterocycles. The van der Waals surface area contributed by atoms with Crippen molar-refractivity contribution in [2.45, 2.75) is 38.6 Å². The Bertz CT molecular complexity index is 872. The van der Waals surface area contributed by atoms with Gasteiger partial charge in [0.05, 0.1) is 11.4 Å². The summed E-state index contributed by atoms with van der Waals surface area (Å²) in [5.41, 5.74) is 5.91. The first-order valence-corrected chi connectivity index (χ1v) is 10.2. The minimum atomic E-state index is 0.616. The smallest absolute Gasteiger partial charge is 0.0576 e. The molecule has 0 radical (unpaired) electrons. The number of benzene rings is 3. The first kappa shape index (κ1) is 18.6. The zero-order valence-corrected chi connectivity index (χ0v) is 16.6.